The van der Waals surface area contributed by atoms with Gasteiger partial charge in [0.2, 0.25) is 0 Å². The van der Waals surface area contributed by atoms with Gasteiger partial charge in [-0.15, -0.1) is 0 Å². The van der Waals surface area contributed by atoms with Crippen molar-refractivity contribution in [3.05, 3.63) is 52.0 Å². The van der Waals surface area contributed by atoms with Crippen molar-refractivity contribution in [3.8, 4) is 0 Å². The van der Waals surface area contributed by atoms with Gasteiger partial charge >= 0.3 is 5.97 Å². The summed E-state index contributed by atoms with van der Waals surface area (Å²) in [6.45, 7) is 0. The normalized spacial score (nSPS) is 11.6. The molecule has 0 fully saturated rings. The van der Waals surface area contributed by atoms with E-state index in [1.807, 2.05) is 36.4 Å². The topological polar surface area (TPSA) is 26.3 Å². The molecule has 2 aromatic carbocycles. The number of rotatable bonds is 3. The number of benzene rings is 2. The van der Waals surface area contributed by atoms with E-state index < -0.39 is 0 Å². The van der Waals surface area contributed by atoms with Crippen LogP contribution in [0.2, 0.25) is 0 Å². The number of hydrogen-bond acceptors (Lipinski definition) is 3. The van der Waals surface area contributed by atoms with E-state index >= 15 is 0 Å². The molecule has 0 N–H and O–H groups in total. The molecule has 0 radical (unpaired) electrons. The van der Waals surface area contributed by atoms with Crippen molar-refractivity contribution in [3.63, 3.8) is 0 Å². The van der Waals surface area contributed by atoms with Crippen LogP contribution in [0.15, 0.2) is 46.4 Å². The Kier molecular flexibility index (Phi) is 4.66. The van der Waals surface area contributed by atoms with Gasteiger partial charge in [0, 0.05) is 15.8 Å². The van der Waals surface area contributed by atoms with Gasteiger partial charge in [-0.05, 0) is 38.3 Å². The molecule has 0 saturated heterocycles. The van der Waals surface area contributed by atoms with Crippen LogP contribution < -0.4 is 0 Å². The number of carbonyl (C=O) groups excluding carboxylic acids is 1. The number of halogens is 1. The van der Waals surface area contributed by atoms with E-state index in [0.29, 0.717) is 11.3 Å². The van der Waals surface area contributed by atoms with E-state index in [0.717, 1.165) is 20.8 Å². The minimum atomic E-state index is -0.352. The van der Waals surface area contributed by atoms with Gasteiger partial charge in [-0.3, -0.25) is 0 Å². The second kappa shape index (κ2) is 6.26. The summed E-state index contributed by atoms with van der Waals surface area (Å²) in [4.78, 5) is 11.6. The van der Waals surface area contributed by atoms with Gasteiger partial charge in [-0.25, -0.2) is 4.79 Å². The van der Waals surface area contributed by atoms with Crippen LogP contribution in [-0.4, -0.2) is 18.8 Å². The van der Waals surface area contributed by atoms with Crippen molar-refractivity contribution in [1.82, 2.24) is 0 Å². The van der Waals surface area contributed by atoms with Gasteiger partial charge < -0.3 is 4.74 Å². The Labute approximate surface area is 126 Å². The average molecular weight is 337 g/mol. The summed E-state index contributed by atoms with van der Waals surface area (Å²) in [7, 11) is 1.37. The zero-order valence-electron chi connectivity index (χ0n) is 10.4. The van der Waals surface area contributed by atoms with Gasteiger partial charge in [0.25, 0.3) is 0 Å². The lowest BCUT2D eigenvalue weighted by atomic mass is 10.1. The Hall–Kier alpha value is -1.26. The second-order valence-electron chi connectivity index (χ2n) is 4.01. The molecule has 0 aromatic heterocycles. The molecule has 0 amide bonds. The summed E-state index contributed by atoms with van der Waals surface area (Å²) in [5.41, 5.74) is 1.47. The molecule has 0 bridgehead atoms. The molecule has 4 heteroatoms. The SMILES string of the molecule is COC(=O)C(=Cc1ccc2ccccc2c1Br)CS. The molecule has 0 heterocycles. The number of carbonyl (C=O) groups is 1. The average Bonchev–Trinajstić information content (AvgIpc) is 2.46. The third kappa shape index (κ3) is 3.01. The smallest absolute Gasteiger partial charge is 0.334 e. The summed E-state index contributed by atoms with van der Waals surface area (Å²) in [5.74, 6) is -0.0126. The van der Waals surface area contributed by atoms with Gasteiger partial charge in [0.05, 0.1) is 7.11 Å². The summed E-state index contributed by atoms with van der Waals surface area (Å²) in [6, 6.07) is 12.1. The molecule has 0 spiro atoms. The first-order valence-electron chi connectivity index (χ1n) is 5.74. The fraction of sp³-hybridized carbons (Fsp3) is 0.133. The monoisotopic (exact) mass is 336 g/mol. The lowest BCUT2D eigenvalue weighted by Crippen LogP contribution is -2.05. The van der Waals surface area contributed by atoms with Crippen LogP contribution in [0.25, 0.3) is 16.8 Å². The fourth-order valence-corrected chi connectivity index (χ4v) is 2.68. The van der Waals surface area contributed by atoms with E-state index in [1.165, 1.54) is 7.11 Å². The van der Waals surface area contributed by atoms with E-state index in [9.17, 15) is 4.79 Å². The van der Waals surface area contributed by atoms with Crippen molar-refractivity contribution < 1.29 is 9.53 Å². The molecule has 2 aromatic rings. The molecule has 0 unspecified atom stereocenters. The molecule has 2 nitrogen and oxygen atoms in total. The molecule has 0 aliphatic rings. The van der Waals surface area contributed by atoms with Crippen molar-refractivity contribution >= 4 is 51.4 Å². The Morgan fingerprint density at radius 3 is 2.74 bits per heavy atom. The van der Waals surface area contributed by atoms with Crippen LogP contribution in [0.4, 0.5) is 0 Å². The fourth-order valence-electron chi connectivity index (χ4n) is 1.85. The number of ether oxygens (including phenoxy) is 1. The zero-order valence-corrected chi connectivity index (χ0v) is 12.9. The summed E-state index contributed by atoms with van der Waals surface area (Å²) in [5, 5.41) is 2.26. The maximum atomic E-state index is 11.6. The predicted molar refractivity (Wildman–Crippen MR) is 85.5 cm³/mol. The zero-order chi connectivity index (χ0) is 13.8. The van der Waals surface area contributed by atoms with Crippen molar-refractivity contribution in [1.29, 1.82) is 0 Å². The van der Waals surface area contributed by atoms with Crippen molar-refractivity contribution in [2.75, 3.05) is 12.9 Å². The molecule has 0 aliphatic carbocycles. The molecule has 98 valence electrons. The second-order valence-corrected chi connectivity index (χ2v) is 5.12. The van der Waals surface area contributed by atoms with Crippen molar-refractivity contribution in [2.45, 2.75) is 0 Å². The van der Waals surface area contributed by atoms with Crippen LogP contribution in [-0.2, 0) is 9.53 Å². The maximum absolute atomic E-state index is 11.6. The standard InChI is InChI=1S/C15H13BrO2S/c1-18-15(17)12(9-19)8-11-7-6-10-4-2-3-5-13(10)14(11)16/h2-8,19H,9H2,1H3. The molecular formula is C15H13BrO2S. The van der Waals surface area contributed by atoms with Crippen LogP contribution in [0.3, 0.4) is 0 Å². The minimum absolute atomic E-state index is 0.339. The largest absolute Gasteiger partial charge is 0.466 e. The van der Waals surface area contributed by atoms with E-state index in [1.54, 1.807) is 6.08 Å². The first-order valence-corrected chi connectivity index (χ1v) is 7.17. The minimum Gasteiger partial charge on any atom is -0.466 e. The van der Waals surface area contributed by atoms with Crippen molar-refractivity contribution in [2.24, 2.45) is 0 Å². The summed E-state index contributed by atoms with van der Waals surface area (Å²) in [6.07, 6.45) is 1.80. The lowest BCUT2D eigenvalue weighted by molar-refractivity contribution is -0.135. The predicted octanol–water partition coefficient (Wildman–Crippen LogP) is 4.09. The quantitative estimate of drug-likeness (QED) is 0.519. The Bertz CT molecular complexity index is 650. The highest BCUT2D eigenvalue weighted by atomic mass is 79.9. The number of methoxy groups -OCH3 is 1. The van der Waals surface area contributed by atoms with Gasteiger partial charge in [-0.1, -0.05) is 36.4 Å². The molecular weight excluding hydrogens is 324 g/mol. The number of fused-ring (bicyclic) bond motifs is 1. The van der Waals surface area contributed by atoms with E-state index in [2.05, 4.69) is 28.6 Å². The van der Waals surface area contributed by atoms with E-state index in [-0.39, 0.29) is 5.97 Å². The Morgan fingerprint density at radius 2 is 2.05 bits per heavy atom. The highest BCUT2D eigenvalue weighted by Gasteiger charge is 2.09. The Morgan fingerprint density at radius 1 is 1.32 bits per heavy atom. The highest BCUT2D eigenvalue weighted by Crippen LogP contribution is 2.29. The molecule has 19 heavy (non-hydrogen) atoms. The third-order valence-corrected chi connectivity index (χ3v) is 4.07. The molecule has 2 rings (SSSR count). The first kappa shape index (κ1) is 14.2. The molecule has 0 saturated carbocycles. The summed E-state index contributed by atoms with van der Waals surface area (Å²) < 4.78 is 5.70. The lowest BCUT2D eigenvalue weighted by Gasteiger charge is -2.06. The maximum Gasteiger partial charge on any atom is 0.334 e. The van der Waals surface area contributed by atoms with Gasteiger partial charge in [0.15, 0.2) is 0 Å². The molecule has 0 aliphatic heterocycles. The van der Waals surface area contributed by atoms with Crippen LogP contribution in [0, 0.1) is 0 Å². The highest BCUT2D eigenvalue weighted by molar-refractivity contribution is 9.10. The van der Waals surface area contributed by atoms with Crippen LogP contribution in [0.5, 0.6) is 0 Å². The number of esters is 1. The van der Waals surface area contributed by atoms with Crippen LogP contribution in [0.1, 0.15) is 5.56 Å². The van der Waals surface area contributed by atoms with Gasteiger partial charge in [-0.2, -0.15) is 12.6 Å². The third-order valence-electron chi connectivity index (χ3n) is 2.84. The number of hydrogen-bond donors (Lipinski definition) is 1. The summed E-state index contributed by atoms with van der Waals surface area (Å²) >= 11 is 7.75. The molecule has 0 atom stereocenters. The van der Waals surface area contributed by atoms with Crippen LogP contribution >= 0.6 is 28.6 Å². The number of thiol groups is 1. The van der Waals surface area contributed by atoms with E-state index in [4.69, 9.17) is 4.74 Å². The van der Waals surface area contributed by atoms with Gasteiger partial charge in [0.1, 0.15) is 0 Å². The first-order chi connectivity index (χ1) is 9.17. The Balaban J connectivity index is 2.54.